The van der Waals surface area contributed by atoms with E-state index in [2.05, 4.69) is 5.32 Å². The van der Waals surface area contributed by atoms with Gasteiger partial charge in [-0.2, -0.15) is 0 Å². The van der Waals surface area contributed by atoms with Gasteiger partial charge in [0.2, 0.25) is 5.91 Å². The van der Waals surface area contributed by atoms with Crippen molar-refractivity contribution in [1.82, 2.24) is 10.6 Å². The van der Waals surface area contributed by atoms with Crippen LogP contribution in [0.25, 0.3) is 0 Å². The molecule has 3 amide bonds. The summed E-state index contributed by atoms with van der Waals surface area (Å²) in [6, 6.07) is -0.594. The second-order valence-electron chi connectivity index (χ2n) is 2.67. The number of imide groups is 1. The molecule has 0 rings (SSSR count). The maximum atomic E-state index is 11.1. The van der Waals surface area contributed by atoms with Crippen LogP contribution in [0.3, 0.4) is 0 Å². The van der Waals surface area contributed by atoms with Gasteiger partial charge in [-0.1, -0.05) is 6.92 Å². The highest BCUT2D eigenvalue weighted by molar-refractivity contribution is 8.01. The molecule has 0 aromatic heterocycles. The number of aliphatic carboxylic acids is 1. The number of rotatable bonds is 5. The molecule has 7 heteroatoms. The van der Waals surface area contributed by atoms with Crippen LogP contribution in [0.1, 0.15) is 13.3 Å². The zero-order valence-electron chi connectivity index (χ0n) is 8.57. The van der Waals surface area contributed by atoms with Crippen LogP contribution >= 0.6 is 11.8 Å². The number of hydrogen-bond donors (Lipinski definition) is 3. The van der Waals surface area contributed by atoms with Gasteiger partial charge in [-0.3, -0.25) is 14.9 Å². The van der Waals surface area contributed by atoms with Crippen molar-refractivity contribution >= 4 is 29.7 Å². The number of hydrogen-bond acceptors (Lipinski definition) is 4. The molecule has 1 unspecified atom stereocenters. The third kappa shape index (κ3) is 5.95. The van der Waals surface area contributed by atoms with E-state index >= 15 is 0 Å². The van der Waals surface area contributed by atoms with Gasteiger partial charge in [0.1, 0.15) is 5.25 Å². The van der Waals surface area contributed by atoms with E-state index in [0.717, 1.165) is 11.8 Å². The van der Waals surface area contributed by atoms with Crippen LogP contribution in [0, 0.1) is 0 Å². The number of thioether (sulfide) groups is 1. The Morgan fingerprint density at radius 3 is 2.40 bits per heavy atom. The molecule has 86 valence electrons. The summed E-state index contributed by atoms with van der Waals surface area (Å²) in [4.78, 5) is 32.4. The molecular weight excluding hydrogens is 220 g/mol. The standard InChI is InChI=1S/C8H14N2O4S/c1-3-5(7(12)13)15-4-6(11)10-8(14)9-2/h5H,3-4H2,1-2H3,(H,12,13)(H2,9,10,11,14). The molecule has 15 heavy (non-hydrogen) atoms. The van der Waals surface area contributed by atoms with Gasteiger partial charge in [-0.25, -0.2) is 4.79 Å². The Morgan fingerprint density at radius 2 is 2.00 bits per heavy atom. The Balaban J connectivity index is 3.88. The lowest BCUT2D eigenvalue weighted by molar-refractivity contribution is -0.136. The molecule has 0 saturated carbocycles. The van der Waals surface area contributed by atoms with Crippen LogP contribution in [0.2, 0.25) is 0 Å². The van der Waals surface area contributed by atoms with E-state index in [-0.39, 0.29) is 5.75 Å². The Bertz CT molecular complexity index is 257. The normalized spacial score (nSPS) is 11.6. The lowest BCUT2D eigenvalue weighted by Crippen LogP contribution is -2.38. The molecule has 0 saturated heterocycles. The van der Waals surface area contributed by atoms with Crippen molar-refractivity contribution in [3.05, 3.63) is 0 Å². The molecule has 1 atom stereocenters. The molecular formula is C8H14N2O4S. The Kier molecular flexibility index (Phi) is 6.52. The summed E-state index contributed by atoms with van der Waals surface area (Å²) in [6.45, 7) is 1.72. The fourth-order valence-electron chi connectivity index (χ4n) is 0.765. The molecule has 0 heterocycles. The van der Waals surface area contributed by atoms with Gasteiger partial charge >= 0.3 is 12.0 Å². The van der Waals surface area contributed by atoms with E-state index in [1.54, 1.807) is 6.92 Å². The van der Waals surface area contributed by atoms with Gasteiger partial charge in [0, 0.05) is 7.05 Å². The molecule has 0 radical (unpaired) electrons. The number of carbonyl (C=O) groups is 3. The SMILES string of the molecule is CCC(SCC(=O)NC(=O)NC)C(=O)O. The van der Waals surface area contributed by atoms with Gasteiger partial charge in [0.25, 0.3) is 0 Å². The number of carbonyl (C=O) groups excluding carboxylic acids is 2. The molecule has 0 spiro atoms. The lowest BCUT2D eigenvalue weighted by atomic mass is 10.3. The number of carboxylic acid groups (broad SMARTS) is 1. The van der Waals surface area contributed by atoms with Crippen molar-refractivity contribution in [3.8, 4) is 0 Å². The minimum Gasteiger partial charge on any atom is -0.480 e. The van der Waals surface area contributed by atoms with E-state index in [1.807, 2.05) is 5.32 Å². The third-order valence-electron chi connectivity index (χ3n) is 1.54. The largest absolute Gasteiger partial charge is 0.480 e. The van der Waals surface area contributed by atoms with Crippen LogP contribution < -0.4 is 10.6 Å². The fraction of sp³-hybridized carbons (Fsp3) is 0.625. The van der Waals surface area contributed by atoms with E-state index in [9.17, 15) is 14.4 Å². The zero-order valence-corrected chi connectivity index (χ0v) is 9.39. The van der Waals surface area contributed by atoms with Crippen molar-refractivity contribution < 1.29 is 19.5 Å². The van der Waals surface area contributed by atoms with E-state index in [0.29, 0.717) is 6.42 Å². The zero-order chi connectivity index (χ0) is 11.8. The molecule has 0 bridgehead atoms. The Morgan fingerprint density at radius 1 is 1.40 bits per heavy atom. The minimum atomic E-state index is -0.949. The van der Waals surface area contributed by atoms with Crippen molar-refractivity contribution in [2.45, 2.75) is 18.6 Å². The van der Waals surface area contributed by atoms with E-state index in [1.165, 1.54) is 7.05 Å². The smallest absolute Gasteiger partial charge is 0.321 e. The highest BCUT2D eigenvalue weighted by Gasteiger charge is 2.17. The van der Waals surface area contributed by atoms with E-state index < -0.39 is 23.2 Å². The quantitative estimate of drug-likeness (QED) is 0.624. The molecule has 0 aliphatic rings. The number of urea groups is 1. The summed E-state index contributed by atoms with van der Waals surface area (Å²) >= 11 is 0.999. The predicted octanol–water partition coefficient (Wildman–Crippen LogP) is 0.0384. The Hall–Kier alpha value is -1.24. The van der Waals surface area contributed by atoms with Crippen molar-refractivity contribution in [2.24, 2.45) is 0 Å². The fourth-order valence-corrected chi connectivity index (χ4v) is 1.57. The van der Waals surface area contributed by atoms with Crippen LogP contribution in [0.5, 0.6) is 0 Å². The minimum absolute atomic E-state index is 0.0434. The monoisotopic (exact) mass is 234 g/mol. The van der Waals surface area contributed by atoms with Crippen LogP contribution in [-0.4, -0.2) is 41.1 Å². The first-order chi connectivity index (χ1) is 7.01. The third-order valence-corrected chi connectivity index (χ3v) is 2.91. The topological polar surface area (TPSA) is 95.5 Å². The average molecular weight is 234 g/mol. The second kappa shape index (κ2) is 7.10. The first kappa shape index (κ1) is 13.8. The molecule has 3 N–H and O–H groups in total. The van der Waals surface area contributed by atoms with Crippen LogP contribution in [-0.2, 0) is 9.59 Å². The molecule has 0 aromatic rings. The lowest BCUT2D eigenvalue weighted by Gasteiger charge is -2.08. The van der Waals surface area contributed by atoms with Gasteiger partial charge < -0.3 is 10.4 Å². The van der Waals surface area contributed by atoms with Crippen molar-refractivity contribution in [2.75, 3.05) is 12.8 Å². The summed E-state index contributed by atoms with van der Waals surface area (Å²) in [7, 11) is 1.39. The summed E-state index contributed by atoms with van der Waals surface area (Å²) < 4.78 is 0. The van der Waals surface area contributed by atoms with Crippen molar-refractivity contribution in [3.63, 3.8) is 0 Å². The Labute approximate surface area is 91.8 Å². The number of amides is 3. The number of nitrogens with one attached hydrogen (secondary N) is 2. The molecule has 0 aromatic carbocycles. The summed E-state index contributed by atoms with van der Waals surface area (Å²) in [5.41, 5.74) is 0. The highest BCUT2D eigenvalue weighted by Crippen LogP contribution is 2.13. The van der Waals surface area contributed by atoms with Gasteiger partial charge in [0.05, 0.1) is 5.75 Å². The first-order valence-corrected chi connectivity index (χ1v) is 5.42. The van der Waals surface area contributed by atoms with Gasteiger partial charge in [-0.15, -0.1) is 11.8 Å². The van der Waals surface area contributed by atoms with Crippen LogP contribution in [0.4, 0.5) is 4.79 Å². The molecule has 0 aliphatic carbocycles. The molecule has 0 aliphatic heterocycles. The summed E-state index contributed by atoms with van der Waals surface area (Å²) in [6.07, 6.45) is 0.438. The number of carboxylic acids is 1. The summed E-state index contributed by atoms with van der Waals surface area (Å²) in [5.74, 6) is -1.49. The highest BCUT2D eigenvalue weighted by atomic mass is 32.2. The molecule has 6 nitrogen and oxygen atoms in total. The first-order valence-electron chi connectivity index (χ1n) is 4.37. The second-order valence-corrected chi connectivity index (χ2v) is 3.86. The van der Waals surface area contributed by atoms with Gasteiger partial charge in [-0.05, 0) is 6.42 Å². The summed E-state index contributed by atoms with van der Waals surface area (Å²) in [5, 5.41) is 12.3. The molecule has 0 fully saturated rings. The maximum Gasteiger partial charge on any atom is 0.321 e. The average Bonchev–Trinajstić information content (AvgIpc) is 2.17. The van der Waals surface area contributed by atoms with Crippen molar-refractivity contribution in [1.29, 1.82) is 0 Å². The van der Waals surface area contributed by atoms with E-state index in [4.69, 9.17) is 5.11 Å². The maximum absolute atomic E-state index is 11.1. The van der Waals surface area contributed by atoms with Crippen LogP contribution in [0.15, 0.2) is 0 Å². The predicted molar refractivity (Wildman–Crippen MR) is 56.8 cm³/mol. The van der Waals surface area contributed by atoms with Gasteiger partial charge in [0.15, 0.2) is 0 Å².